The third-order valence-electron chi connectivity index (χ3n) is 3.66. The Balaban J connectivity index is 1.86. The summed E-state index contributed by atoms with van der Waals surface area (Å²) in [5, 5.41) is 9.75. The van der Waals surface area contributed by atoms with Crippen molar-refractivity contribution < 1.29 is 4.79 Å². The summed E-state index contributed by atoms with van der Waals surface area (Å²) in [6, 6.07) is 9.91. The van der Waals surface area contributed by atoms with Crippen molar-refractivity contribution in [1.82, 2.24) is 20.1 Å². The van der Waals surface area contributed by atoms with Crippen molar-refractivity contribution in [2.24, 2.45) is 0 Å². The second-order valence-corrected chi connectivity index (χ2v) is 6.73. The van der Waals surface area contributed by atoms with Crippen LogP contribution < -0.4 is 11.0 Å². The number of amides is 1. The number of aromatic nitrogens is 3. The van der Waals surface area contributed by atoms with Gasteiger partial charge in [0.05, 0.1) is 0 Å². The molecule has 3 rings (SSSR count). The van der Waals surface area contributed by atoms with Gasteiger partial charge in [0.2, 0.25) is 5.91 Å². The Morgan fingerprint density at radius 1 is 1.43 bits per heavy atom. The van der Waals surface area contributed by atoms with Gasteiger partial charge in [-0.3, -0.25) is 9.36 Å². The number of aromatic amines is 1. The lowest BCUT2D eigenvalue weighted by atomic mass is 10.1. The van der Waals surface area contributed by atoms with Crippen LogP contribution >= 0.6 is 11.8 Å². The van der Waals surface area contributed by atoms with Crippen molar-refractivity contribution >= 4 is 17.7 Å². The maximum atomic E-state index is 12.6. The maximum absolute atomic E-state index is 12.6. The summed E-state index contributed by atoms with van der Waals surface area (Å²) in [6.07, 6.45) is 2.92. The molecule has 6 nitrogen and oxygen atoms in total. The van der Waals surface area contributed by atoms with Crippen LogP contribution in [0.15, 0.2) is 40.3 Å². The van der Waals surface area contributed by atoms with E-state index in [1.807, 2.05) is 37.3 Å². The Morgan fingerprint density at radius 2 is 2.17 bits per heavy atom. The molecule has 1 aromatic carbocycles. The van der Waals surface area contributed by atoms with Crippen LogP contribution in [-0.2, 0) is 11.3 Å². The largest absolute Gasteiger partial charge is 0.352 e. The van der Waals surface area contributed by atoms with Gasteiger partial charge in [-0.1, -0.05) is 49.0 Å². The van der Waals surface area contributed by atoms with E-state index in [9.17, 15) is 9.59 Å². The molecule has 7 heteroatoms. The van der Waals surface area contributed by atoms with Crippen LogP contribution in [0.3, 0.4) is 0 Å². The molecule has 1 saturated carbocycles. The van der Waals surface area contributed by atoms with Crippen LogP contribution in [0.1, 0.15) is 37.0 Å². The monoisotopic (exact) mass is 332 g/mol. The third kappa shape index (κ3) is 3.85. The number of H-pyrrole nitrogens is 1. The van der Waals surface area contributed by atoms with Gasteiger partial charge in [-0.15, -0.1) is 5.10 Å². The zero-order chi connectivity index (χ0) is 16.2. The first-order chi connectivity index (χ1) is 11.2. The maximum Gasteiger partial charge on any atom is 0.343 e. The Bertz CT molecular complexity index is 721. The van der Waals surface area contributed by atoms with Crippen molar-refractivity contribution in [2.75, 3.05) is 0 Å². The number of nitrogens with one attached hydrogen (secondary N) is 2. The van der Waals surface area contributed by atoms with E-state index in [0.717, 1.165) is 24.8 Å². The molecule has 1 atom stereocenters. The molecule has 1 aliphatic rings. The number of carbonyl (C=O) groups excluding carboxylic acids is 1. The van der Waals surface area contributed by atoms with Gasteiger partial charge in [-0.2, -0.15) is 0 Å². The van der Waals surface area contributed by atoms with Crippen LogP contribution in [0.4, 0.5) is 0 Å². The van der Waals surface area contributed by atoms with Crippen LogP contribution in [0, 0.1) is 0 Å². The Morgan fingerprint density at radius 3 is 2.83 bits per heavy atom. The molecule has 0 radical (unpaired) electrons. The van der Waals surface area contributed by atoms with Gasteiger partial charge in [-0.05, 0) is 24.8 Å². The first-order valence-corrected chi connectivity index (χ1v) is 8.74. The highest BCUT2D eigenvalue weighted by atomic mass is 32.2. The quantitative estimate of drug-likeness (QED) is 0.761. The molecule has 122 valence electrons. The molecule has 1 aromatic heterocycles. The number of benzene rings is 1. The van der Waals surface area contributed by atoms with Gasteiger partial charge in [0.1, 0.15) is 5.25 Å². The Kier molecular flexibility index (Phi) is 4.85. The topological polar surface area (TPSA) is 79.8 Å². The summed E-state index contributed by atoms with van der Waals surface area (Å²) >= 11 is 1.32. The molecule has 1 aliphatic carbocycles. The summed E-state index contributed by atoms with van der Waals surface area (Å²) in [5.41, 5.74) is 0.679. The Hall–Kier alpha value is -2.02. The molecule has 0 unspecified atom stereocenters. The SMILES string of the molecule is CCCn1c(S[C@@H](C(=O)NC2CC2)c2ccccc2)n[nH]c1=O. The van der Waals surface area contributed by atoms with Gasteiger partial charge in [0.15, 0.2) is 5.16 Å². The first-order valence-electron chi connectivity index (χ1n) is 7.86. The van der Waals surface area contributed by atoms with Gasteiger partial charge in [-0.25, -0.2) is 9.89 Å². The predicted molar refractivity (Wildman–Crippen MR) is 89.3 cm³/mol. The minimum Gasteiger partial charge on any atom is -0.352 e. The lowest BCUT2D eigenvalue weighted by Crippen LogP contribution is -2.30. The molecule has 1 heterocycles. The molecule has 1 fully saturated rings. The van der Waals surface area contributed by atoms with Crippen molar-refractivity contribution in [3.63, 3.8) is 0 Å². The molecular formula is C16H20N4O2S. The van der Waals surface area contributed by atoms with Crippen molar-refractivity contribution in [3.8, 4) is 0 Å². The summed E-state index contributed by atoms with van der Waals surface area (Å²) in [4.78, 5) is 24.5. The smallest absolute Gasteiger partial charge is 0.343 e. The van der Waals surface area contributed by atoms with E-state index >= 15 is 0 Å². The van der Waals surface area contributed by atoms with Crippen molar-refractivity contribution in [3.05, 3.63) is 46.4 Å². The molecule has 23 heavy (non-hydrogen) atoms. The fraction of sp³-hybridized carbons (Fsp3) is 0.438. The number of thioether (sulfide) groups is 1. The van der Waals surface area contributed by atoms with Crippen molar-refractivity contribution in [2.45, 2.75) is 49.2 Å². The molecule has 0 spiro atoms. The number of carbonyl (C=O) groups is 1. The average molecular weight is 332 g/mol. The molecule has 2 aromatic rings. The van der Waals surface area contributed by atoms with Gasteiger partial charge >= 0.3 is 5.69 Å². The van der Waals surface area contributed by atoms with E-state index < -0.39 is 5.25 Å². The average Bonchev–Trinajstić information content (AvgIpc) is 3.31. The molecule has 1 amide bonds. The standard InChI is InChI=1S/C16H20N4O2S/c1-2-10-20-15(22)18-19-16(20)23-13(11-6-4-3-5-7-11)14(21)17-12-8-9-12/h3-7,12-13H,2,8-10H2,1H3,(H,17,21)(H,18,22)/t13-/m1/s1. The van der Waals surface area contributed by atoms with E-state index in [4.69, 9.17) is 0 Å². The number of hydrogen-bond donors (Lipinski definition) is 2. The lowest BCUT2D eigenvalue weighted by molar-refractivity contribution is -0.120. The molecule has 0 saturated heterocycles. The minimum absolute atomic E-state index is 0.0257. The molecule has 0 bridgehead atoms. The second-order valence-electron chi connectivity index (χ2n) is 5.65. The van der Waals surface area contributed by atoms with E-state index in [1.54, 1.807) is 4.57 Å². The number of nitrogens with zero attached hydrogens (tertiary/aromatic N) is 2. The van der Waals surface area contributed by atoms with Crippen LogP contribution in [0.2, 0.25) is 0 Å². The molecular weight excluding hydrogens is 312 g/mol. The van der Waals surface area contributed by atoms with Crippen LogP contribution in [-0.4, -0.2) is 26.7 Å². The third-order valence-corrected chi connectivity index (χ3v) is 4.90. The van der Waals surface area contributed by atoms with E-state index in [-0.39, 0.29) is 11.6 Å². The normalized spacial score (nSPS) is 15.3. The van der Waals surface area contributed by atoms with Crippen molar-refractivity contribution in [1.29, 1.82) is 0 Å². The summed E-state index contributed by atoms with van der Waals surface area (Å²) in [5.74, 6) is -0.0257. The zero-order valence-corrected chi connectivity index (χ0v) is 13.8. The highest BCUT2D eigenvalue weighted by molar-refractivity contribution is 8.00. The van der Waals surface area contributed by atoms with E-state index in [2.05, 4.69) is 15.5 Å². The number of hydrogen-bond acceptors (Lipinski definition) is 4. The first kappa shape index (κ1) is 15.9. The highest BCUT2D eigenvalue weighted by Crippen LogP contribution is 2.35. The minimum atomic E-state index is -0.414. The summed E-state index contributed by atoms with van der Waals surface area (Å²) < 4.78 is 1.59. The summed E-state index contributed by atoms with van der Waals surface area (Å²) in [7, 11) is 0. The van der Waals surface area contributed by atoms with Gasteiger partial charge in [0, 0.05) is 12.6 Å². The summed E-state index contributed by atoms with van der Waals surface area (Å²) in [6.45, 7) is 2.59. The highest BCUT2D eigenvalue weighted by Gasteiger charge is 2.30. The zero-order valence-electron chi connectivity index (χ0n) is 13.0. The van der Waals surface area contributed by atoms with E-state index in [1.165, 1.54) is 11.8 Å². The van der Waals surface area contributed by atoms with Gasteiger partial charge in [0.25, 0.3) is 0 Å². The van der Waals surface area contributed by atoms with Gasteiger partial charge < -0.3 is 5.32 Å². The van der Waals surface area contributed by atoms with E-state index in [0.29, 0.717) is 17.7 Å². The molecule has 0 aliphatic heterocycles. The number of rotatable bonds is 7. The lowest BCUT2D eigenvalue weighted by Gasteiger charge is -2.16. The fourth-order valence-electron chi connectivity index (χ4n) is 2.32. The fourth-order valence-corrected chi connectivity index (χ4v) is 3.40. The van der Waals surface area contributed by atoms with Crippen LogP contribution in [0.25, 0.3) is 0 Å². The molecule has 2 N–H and O–H groups in total. The predicted octanol–water partition coefficient (Wildman–Crippen LogP) is 2.09. The second kappa shape index (κ2) is 7.04. The van der Waals surface area contributed by atoms with Crippen LogP contribution in [0.5, 0.6) is 0 Å². The Labute approximate surface area is 138 Å².